The fraction of sp³-hybridized carbons (Fsp3) is 0.300. The lowest BCUT2D eigenvalue weighted by molar-refractivity contribution is -0.155. The van der Waals surface area contributed by atoms with E-state index < -0.39 is 18.0 Å². The minimum Gasteiger partial charge on any atom is -0.486 e. The molecule has 0 aromatic heterocycles. The SMILES string of the molecule is Cc1cc(OCC(=O)O[C@@H](C)C(=O)Nc2ccc3c(c2)OCCO3)ccc1Cl. The molecule has 0 saturated heterocycles. The minimum atomic E-state index is -0.990. The second-order valence-electron chi connectivity index (χ2n) is 6.18. The number of esters is 1. The molecule has 1 aliphatic rings. The van der Waals surface area contributed by atoms with Gasteiger partial charge < -0.3 is 24.3 Å². The van der Waals surface area contributed by atoms with Crippen LogP contribution in [-0.4, -0.2) is 37.8 Å². The first-order chi connectivity index (χ1) is 13.4. The molecule has 0 unspecified atom stereocenters. The van der Waals surface area contributed by atoms with Crippen LogP contribution in [0, 0.1) is 6.92 Å². The molecule has 0 saturated carbocycles. The van der Waals surface area contributed by atoms with Crippen molar-refractivity contribution in [3.05, 3.63) is 47.0 Å². The molecule has 1 amide bonds. The van der Waals surface area contributed by atoms with Crippen LogP contribution in [-0.2, 0) is 14.3 Å². The van der Waals surface area contributed by atoms with Crippen molar-refractivity contribution >= 4 is 29.2 Å². The Morgan fingerprint density at radius 1 is 1.14 bits per heavy atom. The summed E-state index contributed by atoms with van der Waals surface area (Å²) in [5.41, 5.74) is 1.35. The number of halogens is 1. The molecule has 0 bridgehead atoms. The lowest BCUT2D eigenvalue weighted by atomic mass is 10.2. The van der Waals surface area contributed by atoms with E-state index in [9.17, 15) is 9.59 Å². The number of anilines is 1. The van der Waals surface area contributed by atoms with Gasteiger partial charge in [-0.1, -0.05) is 11.6 Å². The highest BCUT2D eigenvalue weighted by atomic mass is 35.5. The summed E-state index contributed by atoms with van der Waals surface area (Å²) in [6.07, 6.45) is -0.990. The van der Waals surface area contributed by atoms with Crippen molar-refractivity contribution in [1.29, 1.82) is 0 Å². The Kier molecular flexibility index (Phi) is 6.26. The lowest BCUT2D eigenvalue weighted by Crippen LogP contribution is -2.31. The predicted octanol–water partition coefficient (Wildman–Crippen LogP) is 3.37. The van der Waals surface area contributed by atoms with Gasteiger partial charge in [-0.05, 0) is 49.7 Å². The number of aryl methyl sites for hydroxylation is 1. The summed E-state index contributed by atoms with van der Waals surface area (Å²) in [6, 6.07) is 10.1. The third kappa shape index (κ3) is 5.07. The summed E-state index contributed by atoms with van der Waals surface area (Å²) in [5.74, 6) is 0.552. The molecule has 1 heterocycles. The highest BCUT2D eigenvalue weighted by molar-refractivity contribution is 6.31. The van der Waals surface area contributed by atoms with E-state index in [4.69, 9.17) is 30.5 Å². The van der Waals surface area contributed by atoms with Gasteiger partial charge in [-0.25, -0.2) is 4.79 Å². The Hall–Kier alpha value is -2.93. The molecule has 1 atom stereocenters. The molecular formula is C20H20ClNO6. The first kappa shape index (κ1) is 19.8. The van der Waals surface area contributed by atoms with E-state index in [-0.39, 0.29) is 6.61 Å². The average Bonchev–Trinajstić information content (AvgIpc) is 2.68. The van der Waals surface area contributed by atoms with Crippen LogP contribution in [0.2, 0.25) is 5.02 Å². The molecule has 0 fully saturated rings. The number of amides is 1. The molecule has 2 aromatic carbocycles. The zero-order valence-electron chi connectivity index (χ0n) is 15.5. The number of rotatable bonds is 6. The maximum Gasteiger partial charge on any atom is 0.344 e. The van der Waals surface area contributed by atoms with Crippen molar-refractivity contribution in [3.63, 3.8) is 0 Å². The summed E-state index contributed by atoms with van der Waals surface area (Å²) in [6.45, 7) is 3.94. The number of benzene rings is 2. The van der Waals surface area contributed by atoms with Gasteiger partial charge in [0.25, 0.3) is 5.91 Å². The van der Waals surface area contributed by atoms with E-state index in [0.717, 1.165) is 5.56 Å². The van der Waals surface area contributed by atoms with Gasteiger partial charge in [-0.15, -0.1) is 0 Å². The number of fused-ring (bicyclic) bond motifs is 1. The predicted molar refractivity (Wildman–Crippen MR) is 103 cm³/mol. The van der Waals surface area contributed by atoms with Crippen molar-refractivity contribution < 1.29 is 28.5 Å². The molecule has 0 spiro atoms. The van der Waals surface area contributed by atoms with Gasteiger partial charge in [0.05, 0.1) is 0 Å². The second-order valence-corrected chi connectivity index (χ2v) is 6.59. The van der Waals surface area contributed by atoms with E-state index in [2.05, 4.69) is 5.32 Å². The molecule has 8 heteroatoms. The Morgan fingerprint density at radius 3 is 2.64 bits per heavy atom. The molecule has 1 N–H and O–H groups in total. The summed E-state index contributed by atoms with van der Waals surface area (Å²) in [5, 5.41) is 3.29. The van der Waals surface area contributed by atoms with E-state index in [1.165, 1.54) is 6.92 Å². The zero-order valence-corrected chi connectivity index (χ0v) is 16.2. The molecule has 0 radical (unpaired) electrons. The summed E-state index contributed by atoms with van der Waals surface area (Å²) in [7, 11) is 0. The summed E-state index contributed by atoms with van der Waals surface area (Å²) >= 11 is 5.95. The first-order valence-electron chi connectivity index (χ1n) is 8.71. The highest BCUT2D eigenvalue weighted by Gasteiger charge is 2.20. The molecule has 148 valence electrons. The second kappa shape index (κ2) is 8.84. The standard InChI is InChI=1S/C20H20ClNO6/c1-12-9-15(4-5-16(12)21)27-11-19(23)28-13(2)20(24)22-14-3-6-17-18(10-14)26-8-7-25-17/h3-6,9-10,13H,7-8,11H2,1-2H3,(H,22,24)/t13-/m0/s1. The van der Waals surface area contributed by atoms with Crippen LogP contribution in [0.4, 0.5) is 5.69 Å². The third-order valence-corrected chi connectivity index (χ3v) is 4.40. The van der Waals surface area contributed by atoms with Crippen LogP contribution in [0.5, 0.6) is 17.2 Å². The minimum absolute atomic E-state index is 0.317. The van der Waals surface area contributed by atoms with Crippen molar-refractivity contribution in [2.24, 2.45) is 0 Å². The number of nitrogens with one attached hydrogen (secondary N) is 1. The molecule has 2 aromatic rings. The van der Waals surface area contributed by atoms with Crippen LogP contribution in [0.15, 0.2) is 36.4 Å². The Balaban J connectivity index is 1.49. The van der Waals surface area contributed by atoms with Gasteiger partial charge in [0.15, 0.2) is 24.2 Å². The van der Waals surface area contributed by atoms with E-state index in [1.807, 2.05) is 6.92 Å². The monoisotopic (exact) mass is 405 g/mol. The van der Waals surface area contributed by atoms with Crippen LogP contribution < -0.4 is 19.5 Å². The number of ether oxygens (including phenoxy) is 4. The number of carbonyl (C=O) groups is 2. The van der Waals surface area contributed by atoms with Gasteiger partial charge in [0.2, 0.25) is 0 Å². The quantitative estimate of drug-likeness (QED) is 0.742. The Morgan fingerprint density at radius 2 is 1.89 bits per heavy atom. The maximum absolute atomic E-state index is 12.3. The van der Waals surface area contributed by atoms with Crippen molar-refractivity contribution in [2.75, 3.05) is 25.1 Å². The number of carbonyl (C=O) groups excluding carboxylic acids is 2. The summed E-state index contributed by atoms with van der Waals surface area (Å²) in [4.78, 5) is 24.2. The fourth-order valence-corrected chi connectivity index (χ4v) is 2.62. The smallest absolute Gasteiger partial charge is 0.344 e. The van der Waals surface area contributed by atoms with Crippen molar-refractivity contribution in [3.8, 4) is 17.2 Å². The van der Waals surface area contributed by atoms with Crippen LogP contribution in [0.25, 0.3) is 0 Å². The zero-order chi connectivity index (χ0) is 20.1. The topological polar surface area (TPSA) is 83.1 Å². The Bertz CT molecular complexity index is 885. The van der Waals surface area contributed by atoms with E-state index >= 15 is 0 Å². The first-order valence-corrected chi connectivity index (χ1v) is 9.09. The third-order valence-electron chi connectivity index (χ3n) is 3.97. The summed E-state index contributed by atoms with van der Waals surface area (Å²) < 4.78 is 21.4. The van der Waals surface area contributed by atoms with Gasteiger partial charge in [-0.2, -0.15) is 0 Å². The maximum atomic E-state index is 12.3. The van der Waals surface area contributed by atoms with Gasteiger partial charge in [0, 0.05) is 16.8 Å². The molecule has 28 heavy (non-hydrogen) atoms. The van der Waals surface area contributed by atoms with Crippen molar-refractivity contribution in [1.82, 2.24) is 0 Å². The normalized spacial score (nSPS) is 13.4. The molecular weight excluding hydrogens is 386 g/mol. The average molecular weight is 406 g/mol. The Labute approximate surface area is 167 Å². The molecule has 3 rings (SSSR count). The molecule has 7 nitrogen and oxygen atoms in total. The van der Waals surface area contributed by atoms with E-state index in [0.29, 0.717) is 41.2 Å². The van der Waals surface area contributed by atoms with Crippen molar-refractivity contribution in [2.45, 2.75) is 20.0 Å². The van der Waals surface area contributed by atoms with Gasteiger partial charge in [-0.3, -0.25) is 4.79 Å². The lowest BCUT2D eigenvalue weighted by Gasteiger charge is -2.19. The van der Waals surface area contributed by atoms with Gasteiger partial charge >= 0.3 is 5.97 Å². The highest BCUT2D eigenvalue weighted by Crippen LogP contribution is 2.32. The fourth-order valence-electron chi connectivity index (χ4n) is 2.50. The molecule has 1 aliphatic heterocycles. The van der Waals surface area contributed by atoms with Crippen LogP contribution >= 0.6 is 11.6 Å². The van der Waals surface area contributed by atoms with Crippen LogP contribution in [0.1, 0.15) is 12.5 Å². The molecule has 0 aliphatic carbocycles. The number of hydrogen-bond donors (Lipinski definition) is 1. The van der Waals surface area contributed by atoms with Crippen LogP contribution in [0.3, 0.4) is 0 Å². The van der Waals surface area contributed by atoms with E-state index in [1.54, 1.807) is 36.4 Å². The number of hydrogen-bond acceptors (Lipinski definition) is 6. The largest absolute Gasteiger partial charge is 0.486 e. The van der Waals surface area contributed by atoms with Gasteiger partial charge in [0.1, 0.15) is 19.0 Å².